The SMILES string of the molecule is CCOc1cc(N2CCCCCC2CBr)ncn1. The lowest BCUT2D eigenvalue weighted by Gasteiger charge is -2.29. The number of nitrogens with zero attached hydrogens (tertiary/aromatic N) is 3. The number of rotatable bonds is 4. The third-order valence-electron chi connectivity index (χ3n) is 3.27. The van der Waals surface area contributed by atoms with Crippen molar-refractivity contribution in [2.24, 2.45) is 0 Å². The molecule has 1 aliphatic rings. The van der Waals surface area contributed by atoms with E-state index in [0.717, 1.165) is 17.7 Å². The molecule has 4 nitrogen and oxygen atoms in total. The minimum absolute atomic E-state index is 0.525. The highest BCUT2D eigenvalue weighted by Crippen LogP contribution is 2.25. The summed E-state index contributed by atoms with van der Waals surface area (Å²) < 4.78 is 5.45. The van der Waals surface area contributed by atoms with Crippen molar-refractivity contribution in [3.8, 4) is 5.88 Å². The van der Waals surface area contributed by atoms with E-state index >= 15 is 0 Å². The fourth-order valence-corrected chi connectivity index (χ4v) is 3.03. The van der Waals surface area contributed by atoms with Gasteiger partial charge in [-0.3, -0.25) is 0 Å². The summed E-state index contributed by atoms with van der Waals surface area (Å²) in [6.07, 6.45) is 6.66. The van der Waals surface area contributed by atoms with Crippen LogP contribution in [-0.4, -0.2) is 34.5 Å². The molecule has 0 bridgehead atoms. The maximum absolute atomic E-state index is 5.45. The van der Waals surface area contributed by atoms with Crippen molar-refractivity contribution in [2.45, 2.75) is 38.6 Å². The summed E-state index contributed by atoms with van der Waals surface area (Å²) in [5, 5.41) is 0.987. The van der Waals surface area contributed by atoms with Gasteiger partial charge in [-0.05, 0) is 19.8 Å². The largest absolute Gasteiger partial charge is 0.478 e. The Bertz CT molecular complexity index is 375. The zero-order valence-electron chi connectivity index (χ0n) is 10.8. The summed E-state index contributed by atoms with van der Waals surface area (Å²) in [6.45, 7) is 3.67. The first-order valence-electron chi connectivity index (χ1n) is 6.62. The molecule has 1 atom stereocenters. The highest BCUT2D eigenvalue weighted by molar-refractivity contribution is 9.09. The molecule has 0 saturated carbocycles. The molecule has 1 fully saturated rings. The molecule has 0 radical (unpaired) electrons. The van der Waals surface area contributed by atoms with Gasteiger partial charge in [0.05, 0.1) is 6.61 Å². The van der Waals surface area contributed by atoms with E-state index in [4.69, 9.17) is 4.74 Å². The molecule has 1 aromatic rings. The van der Waals surface area contributed by atoms with Gasteiger partial charge in [-0.2, -0.15) is 0 Å². The number of aromatic nitrogens is 2. The fraction of sp³-hybridized carbons (Fsp3) is 0.692. The molecule has 100 valence electrons. The van der Waals surface area contributed by atoms with Crippen molar-refractivity contribution in [3.63, 3.8) is 0 Å². The van der Waals surface area contributed by atoms with Crippen molar-refractivity contribution in [1.29, 1.82) is 0 Å². The molecular formula is C13H20BrN3O. The average molecular weight is 314 g/mol. The van der Waals surface area contributed by atoms with Crippen LogP contribution in [0.25, 0.3) is 0 Å². The van der Waals surface area contributed by atoms with Crippen LogP contribution in [0, 0.1) is 0 Å². The van der Waals surface area contributed by atoms with Crippen LogP contribution in [0.5, 0.6) is 5.88 Å². The van der Waals surface area contributed by atoms with Crippen LogP contribution < -0.4 is 9.64 Å². The Labute approximate surface area is 117 Å². The van der Waals surface area contributed by atoms with E-state index in [1.54, 1.807) is 6.33 Å². The normalized spacial score (nSPS) is 20.6. The molecule has 2 rings (SSSR count). The van der Waals surface area contributed by atoms with Gasteiger partial charge in [-0.25, -0.2) is 9.97 Å². The van der Waals surface area contributed by atoms with Crippen LogP contribution >= 0.6 is 15.9 Å². The number of halogens is 1. The molecule has 1 aliphatic heterocycles. The lowest BCUT2D eigenvalue weighted by molar-refractivity contribution is 0.326. The average Bonchev–Trinajstić information content (AvgIpc) is 2.64. The maximum Gasteiger partial charge on any atom is 0.218 e. The van der Waals surface area contributed by atoms with Crippen LogP contribution in [0.2, 0.25) is 0 Å². The van der Waals surface area contributed by atoms with Crippen molar-refractivity contribution in [2.75, 3.05) is 23.4 Å². The van der Waals surface area contributed by atoms with Crippen molar-refractivity contribution < 1.29 is 4.74 Å². The molecular weight excluding hydrogens is 294 g/mol. The molecule has 0 spiro atoms. The Balaban J connectivity index is 2.18. The molecule has 1 unspecified atom stereocenters. The van der Waals surface area contributed by atoms with Gasteiger partial charge in [0.15, 0.2) is 0 Å². The summed E-state index contributed by atoms with van der Waals surface area (Å²) in [4.78, 5) is 10.9. The van der Waals surface area contributed by atoms with E-state index in [-0.39, 0.29) is 0 Å². The lowest BCUT2D eigenvalue weighted by atomic mass is 10.1. The number of hydrogen-bond donors (Lipinski definition) is 0. The fourth-order valence-electron chi connectivity index (χ4n) is 2.35. The minimum Gasteiger partial charge on any atom is -0.478 e. The number of ether oxygens (including phenoxy) is 1. The second-order valence-electron chi connectivity index (χ2n) is 4.50. The van der Waals surface area contributed by atoms with E-state index < -0.39 is 0 Å². The van der Waals surface area contributed by atoms with Crippen LogP contribution in [0.3, 0.4) is 0 Å². The summed E-state index contributed by atoms with van der Waals surface area (Å²) in [7, 11) is 0. The van der Waals surface area contributed by atoms with Crippen molar-refractivity contribution in [1.82, 2.24) is 9.97 Å². The lowest BCUT2D eigenvalue weighted by Crippen LogP contribution is -2.36. The predicted molar refractivity (Wildman–Crippen MR) is 76.6 cm³/mol. The molecule has 0 N–H and O–H groups in total. The van der Waals surface area contributed by atoms with Crippen LogP contribution in [-0.2, 0) is 0 Å². The van der Waals surface area contributed by atoms with Gasteiger partial charge in [0, 0.05) is 24.0 Å². The Morgan fingerprint density at radius 2 is 2.28 bits per heavy atom. The summed E-state index contributed by atoms with van der Waals surface area (Å²) >= 11 is 3.62. The first-order chi connectivity index (χ1) is 8.85. The molecule has 0 amide bonds. The summed E-state index contributed by atoms with van der Waals surface area (Å²) in [5.74, 6) is 1.65. The minimum atomic E-state index is 0.525. The van der Waals surface area contributed by atoms with Crippen LogP contribution in [0.1, 0.15) is 32.6 Å². The van der Waals surface area contributed by atoms with Crippen LogP contribution in [0.15, 0.2) is 12.4 Å². The quantitative estimate of drug-likeness (QED) is 0.801. The smallest absolute Gasteiger partial charge is 0.218 e. The highest BCUT2D eigenvalue weighted by Gasteiger charge is 2.21. The number of hydrogen-bond acceptors (Lipinski definition) is 4. The van der Waals surface area contributed by atoms with E-state index in [9.17, 15) is 0 Å². The molecule has 1 aromatic heterocycles. The highest BCUT2D eigenvalue weighted by atomic mass is 79.9. The first-order valence-corrected chi connectivity index (χ1v) is 7.74. The van der Waals surface area contributed by atoms with E-state index in [1.807, 2.05) is 13.0 Å². The predicted octanol–water partition coefficient (Wildman–Crippen LogP) is 3.02. The summed E-state index contributed by atoms with van der Waals surface area (Å²) in [6, 6.07) is 2.47. The van der Waals surface area contributed by atoms with Gasteiger partial charge in [0.25, 0.3) is 0 Å². The molecule has 1 saturated heterocycles. The second-order valence-corrected chi connectivity index (χ2v) is 5.15. The monoisotopic (exact) mass is 313 g/mol. The van der Waals surface area contributed by atoms with Crippen molar-refractivity contribution in [3.05, 3.63) is 12.4 Å². The Kier molecular flexibility index (Phi) is 5.23. The molecule has 5 heteroatoms. The second kappa shape index (κ2) is 6.92. The third-order valence-corrected chi connectivity index (χ3v) is 4.02. The van der Waals surface area contributed by atoms with Gasteiger partial charge >= 0.3 is 0 Å². The Morgan fingerprint density at radius 3 is 3.06 bits per heavy atom. The molecule has 2 heterocycles. The van der Waals surface area contributed by atoms with Gasteiger partial charge < -0.3 is 9.64 Å². The van der Waals surface area contributed by atoms with Gasteiger partial charge in [-0.1, -0.05) is 28.8 Å². The number of anilines is 1. The Hall–Kier alpha value is -0.840. The third kappa shape index (κ3) is 3.34. The van der Waals surface area contributed by atoms with E-state index in [1.165, 1.54) is 25.7 Å². The summed E-state index contributed by atoms with van der Waals surface area (Å²) in [5.41, 5.74) is 0. The van der Waals surface area contributed by atoms with E-state index in [0.29, 0.717) is 18.5 Å². The molecule has 0 aliphatic carbocycles. The maximum atomic E-state index is 5.45. The van der Waals surface area contributed by atoms with Crippen molar-refractivity contribution >= 4 is 21.7 Å². The Morgan fingerprint density at radius 1 is 1.39 bits per heavy atom. The molecule has 18 heavy (non-hydrogen) atoms. The van der Waals surface area contributed by atoms with Gasteiger partial charge in [-0.15, -0.1) is 0 Å². The number of alkyl halides is 1. The van der Waals surface area contributed by atoms with Gasteiger partial charge in [0.2, 0.25) is 5.88 Å². The standard InChI is InChI=1S/C13H20BrN3O/c1-2-18-13-8-12(15-10-16-13)17-7-5-3-4-6-11(17)9-14/h8,10-11H,2-7,9H2,1H3. The van der Waals surface area contributed by atoms with E-state index in [2.05, 4.69) is 30.8 Å². The van der Waals surface area contributed by atoms with Crippen LogP contribution in [0.4, 0.5) is 5.82 Å². The molecule has 0 aromatic carbocycles. The van der Waals surface area contributed by atoms with Gasteiger partial charge in [0.1, 0.15) is 12.1 Å². The topological polar surface area (TPSA) is 38.2 Å². The first kappa shape index (κ1) is 13.6. The zero-order valence-corrected chi connectivity index (χ0v) is 12.4. The zero-order chi connectivity index (χ0) is 12.8.